The van der Waals surface area contributed by atoms with Gasteiger partial charge in [0, 0.05) is 13.5 Å². The van der Waals surface area contributed by atoms with Crippen molar-refractivity contribution in [3.8, 4) is 0 Å². The fourth-order valence-corrected chi connectivity index (χ4v) is 3.04. The molecule has 0 bridgehead atoms. The molecule has 0 aliphatic heterocycles. The van der Waals surface area contributed by atoms with Crippen molar-refractivity contribution >= 4 is 15.6 Å². The molecule has 1 aromatic carbocycles. The number of ether oxygens (including phenoxy) is 1. The van der Waals surface area contributed by atoms with Crippen LogP contribution in [0.3, 0.4) is 0 Å². The maximum Gasteiger partial charge on any atom is 0.178 e. The predicted molar refractivity (Wildman–Crippen MR) is 69.2 cm³/mol. The maximum absolute atomic E-state index is 12.0. The number of benzene rings is 1. The predicted octanol–water partition coefficient (Wildman–Crippen LogP) is 1.84. The maximum atomic E-state index is 12.0. The van der Waals surface area contributed by atoms with Crippen LogP contribution in [0.15, 0.2) is 35.2 Å². The molecule has 0 aliphatic carbocycles. The topological polar surface area (TPSA) is 60.4 Å². The van der Waals surface area contributed by atoms with Crippen LogP contribution in [-0.2, 0) is 19.4 Å². The average Bonchev–Trinajstić information content (AvgIpc) is 2.35. The molecule has 18 heavy (non-hydrogen) atoms. The van der Waals surface area contributed by atoms with Crippen molar-refractivity contribution < 1.29 is 17.9 Å². The molecule has 0 amide bonds. The summed E-state index contributed by atoms with van der Waals surface area (Å²) in [6.45, 7) is 1.47. The minimum Gasteiger partial charge on any atom is -0.381 e. The Balaban J connectivity index is 2.64. The summed E-state index contributed by atoms with van der Waals surface area (Å²) in [5, 5.41) is 0. The fourth-order valence-electron chi connectivity index (χ4n) is 1.66. The third-order valence-corrected chi connectivity index (χ3v) is 4.42. The van der Waals surface area contributed by atoms with Crippen LogP contribution in [0.5, 0.6) is 0 Å². The first kappa shape index (κ1) is 14.9. The van der Waals surface area contributed by atoms with E-state index in [4.69, 9.17) is 4.74 Å². The molecule has 4 nitrogen and oxygen atoms in total. The fraction of sp³-hybridized carbons (Fsp3) is 0.462. The highest BCUT2D eigenvalue weighted by molar-refractivity contribution is 7.91. The van der Waals surface area contributed by atoms with Crippen molar-refractivity contribution in [2.24, 2.45) is 0 Å². The SMILES string of the molecule is COC(CCS(=O)(=O)c1ccccc1)CC(C)=O. The number of carbonyl (C=O) groups excluding carboxylic acids is 1. The molecule has 100 valence electrons. The molecular weight excluding hydrogens is 252 g/mol. The normalized spacial score (nSPS) is 13.2. The smallest absolute Gasteiger partial charge is 0.178 e. The second-order valence-corrected chi connectivity index (χ2v) is 6.29. The van der Waals surface area contributed by atoms with Crippen LogP contribution in [0.25, 0.3) is 0 Å². The largest absolute Gasteiger partial charge is 0.381 e. The Kier molecular flexibility index (Phi) is 5.50. The van der Waals surface area contributed by atoms with Crippen molar-refractivity contribution in [1.82, 2.24) is 0 Å². The van der Waals surface area contributed by atoms with Gasteiger partial charge >= 0.3 is 0 Å². The lowest BCUT2D eigenvalue weighted by atomic mass is 10.1. The number of sulfone groups is 1. The number of hydrogen-bond donors (Lipinski definition) is 0. The Hall–Kier alpha value is -1.20. The molecule has 1 aromatic rings. The summed E-state index contributed by atoms with van der Waals surface area (Å²) in [5.74, 6) is -0.0121. The van der Waals surface area contributed by atoms with Gasteiger partial charge < -0.3 is 4.74 Å². The summed E-state index contributed by atoms with van der Waals surface area (Å²) >= 11 is 0. The molecule has 0 spiro atoms. The van der Waals surface area contributed by atoms with E-state index in [0.717, 1.165) is 0 Å². The minimum absolute atomic E-state index is 0.000964. The standard InChI is InChI=1S/C13H18O4S/c1-11(14)10-12(17-2)8-9-18(15,16)13-6-4-3-5-7-13/h3-7,12H,8-10H2,1-2H3. The highest BCUT2D eigenvalue weighted by atomic mass is 32.2. The van der Waals surface area contributed by atoms with Gasteiger partial charge in [-0.2, -0.15) is 0 Å². The molecule has 0 aliphatic rings. The van der Waals surface area contributed by atoms with Gasteiger partial charge in [-0.05, 0) is 25.5 Å². The first-order valence-electron chi connectivity index (χ1n) is 5.75. The number of hydrogen-bond acceptors (Lipinski definition) is 4. The Labute approximate surface area is 108 Å². The van der Waals surface area contributed by atoms with E-state index < -0.39 is 9.84 Å². The molecule has 1 unspecified atom stereocenters. The molecule has 1 rings (SSSR count). The molecule has 0 heterocycles. The van der Waals surface area contributed by atoms with E-state index in [0.29, 0.717) is 11.3 Å². The second kappa shape index (κ2) is 6.66. The highest BCUT2D eigenvalue weighted by Gasteiger charge is 2.18. The van der Waals surface area contributed by atoms with E-state index in [-0.39, 0.29) is 24.1 Å². The summed E-state index contributed by atoms with van der Waals surface area (Å²) < 4.78 is 29.1. The number of carbonyl (C=O) groups is 1. The van der Waals surface area contributed by atoms with E-state index in [1.165, 1.54) is 14.0 Å². The highest BCUT2D eigenvalue weighted by Crippen LogP contribution is 2.14. The number of Topliss-reactive ketones (excluding diaryl/α,β-unsaturated/α-hetero) is 1. The lowest BCUT2D eigenvalue weighted by Gasteiger charge is -2.13. The van der Waals surface area contributed by atoms with Gasteiger partial charge in [-0.25, -0.2) is 8.42 Å². The molecular formula is C13H18O4S. The van der Waals surface area contributed by atoms with Gasteiger partial charge in [-0.15, -0.1) is 0 Å². The first-order valence-corrected chi connectivity index (χ1v) is 7.41. The summed E-state index contributed by atoms with van der Waals surface area (Å²) in [7, 11) is -1.80. The number of ketones is 1. The first-order chi connectivity index (χ1) is 8.45. The molecule has 0 radical (unpaired) electrons. The zero-order chi connectivity index (χ0) is 13.6. The van der Waals surface area contributed by atoms with Gasteiger partial charge in [-0.3, -0.25) is 4.79 Å². The van der Waals surface area contributed by atoms with Gasteiger partial charge in [0.05, 0.1) is 16.8 Å². The van der Waals surface area contributed by atoms with Gasteiger partial charge in [0.2, 0.25) is 0 Å². The lowest BCUT2D eigenvalue weighted by Crippen LogP contribution is -2.19. The minimum atomic E-state index is -3.29. The van der Waals surface area contributed by atoms with Crippen LogP contribution in [0.4, 0.5) is 0 Å². The Bertz CT molecular complexity index is 479. The van der Waals surface area contributed by atoms with Crippen LogP contribution >= 0.6 is 0 Å². The van der Waals surface area contributed by atoms with E-state index >= 15 is 0 Å². The van der Waals surface area contributed by atoms with Crippen LogP contribution in [-0.4, -0.2) is 33.2 Å². The molecule has 0 saturated carbocycles. The van der Waals surface area contributed by atoms with E-state index in [1.807, 2.05) is 0 Å². The van der Waals surface area contributed by atoms with Crippen LogP contribution in [0, 0.1) is 0 Å². The summed E-state index contributed by atoms with van der Waals surface area (Å²) in [5.41, 5.74) is 0. The Morgan fingerprint density at radius 3 is 2.39 bits per heavy atom. The molecule has 1 atom stereocenters. The van der Waals surface area contributed by atoms with Gasteiger partial charge in [0.1, 0.15) is 5.78 Å². The van der Waals surface area contributed by atoms with Crippen molar-refractivity contribution in [3.05, 3.63) is 30.3 Å². The van der Waals surface area contributed by atoms with Crippen molar-refractivity contribution in [3.63, 3.8) is 0 Å². The zero-order valence-electron chi connectivity index (χ0n) is 10.6. The summed E-state index contributed by atoms with van der Waals surface area (Å²) in [6.07, 6.45) is 0.245. The summed E-state index contributed by atoms with van der Waals surface area (Å²) in [6, 6.07) is 8.30. The molecule has 0 saturated heterocycles. The quantitative estimate of drug-likeness (QED) is 0.758. The summed E-state index contributed by atoms with van der Waals surface area (Å²) in [4.78, 5) is 11.3. The van der Waals surface area contributed by atoms with Crippen molar-refractivity contribution in [1.29, 1.82) is 0 Å². The van der Waals surface area contributed by atoms with Gasteiger partial charge in [0.25, 0.3) is 0 Å². The third-order valence-electron chi connectivity index (χ3n) is 2.66. The average molecular weight is 270 g/mol. The molecule has 0 fully saturated rings. The van der Waals surface area contributed by atoms with E-state index in [9.17, 15) is 13.2 Å². The number of rotatable bonds is 7. The third kappa shape index (κ3) is 4.58. The van der Waals surface area contributed by atoms with Crippen LogP contribution in [0.2, 0.25) is 0 Å². The van der Waals surface area contributed by atoms with Crippen molar-refractivity contribution in [2.45, 2.75) is 30.8 Å². The van der Waals surface area contributed by atoms with E-state index in [1.54, 1.807) is 30.3 Å². The molecule has 5 heteroatoms. The molecule has 0 aromatic heterocycles. The lowest BCUT2D eigenvalue weighted by molar-refractivity contribution is -0.119. The van der Waals surface area contributed by atoms with Crippen LogP contribution < -0.4 is 0 Å². The Morgan fingerprint density at radius 2 is 1.89 bits per heavy atom. The monoisotopic (exact) mass is 270 g/mol. The second-order valence-electron chi connectivity index (χ2n) is 4.18. The van der Waals surface area contributed by atoms with Gasteiger partial charge in [-0.1, -0.05) is 18.2 Å². The van der Waals surface area contributed by atoms with Gasteiger partial charge in [0.15, 0.2) is 9.84 Å². The molecule has 0 N–H and O–H groups in total. The number of methoxy groups -OCH3 is 1. The van der Waals surface area contributed by atoms with E-state index in [2.05, 4.69) is 0 Å². The zero-order valence-corrected chi connectivity index (χ0v) is 11.4. The van der Waals surface area contributed by atoms with Crippen LogP contribution in [0.1, 0.15) is 19.8 Å². The Morgan fingerprint density at radius 1 is 1.28 bits per heavy atom. The van der Waals surface area contributed by atoms with Crippen molar-refractivity contribution in [2.75, 3.05) is 12.9 Å².